The summed E-state index contributed by atoms with van der Waals surface area (Å²) in [7, 11) is 0. The van der Waals surface area contributed by atoms with Gasteiger partial charge in [-0.25, -0.2) is 4.79 Å². The number of hydrogen-bond donors (Lipinski definition) is 2. The number of likely N-dealkylation sites (tertiary alicyclic amines) is 1. The number of allylic oxidation sites excluding steroid dienone is 2. The van der Waals surface area contributed by atoms with E-state index in [9.17, 15) is 14.4 Å². The second kappa shape index (κ2) is 8.26. The lowest BCUT2D eigenvalue weighted by Crippen LogP contribution is -2.53. The molecule has 1 aliphatic heterocycles. The molecule has 2 bridgehead atoms. The van der Waals surface area contributed by atoms with E-state index in [1.54, 1.807) is 0 Å². The van der Waals surface area contributed by atoms with Crippen molar-refractivity contribution in [2.75, 3.05) is 5.32 Å². The van der Waals surface area contributed by atoms with Gasteiger partial charge in [0.25, 0.3) is 0 Å². The topological polar surface area (TPSA) is 78.5 Å². The predicted octanol–water partition coefficient (Wildman–Crippen LogP) is 3.88. The summed E-state index contributed by atoms with van der Waals surface area (Å²) in [5.41, 5.74) is 2.58. The summed E-state index contributed by atoms with van der Waals surface area (Å²) in [6, 6.07) is 16.7. The number of carbonyl (C=O) groups excluding carboxylic acids is 3. The number of imide groups is 1. The Balaban J connectivity index is 1.41. The highest BCUT2D eigenvalue weighted by molar-refractivity contribution is 6.06. The van der Waals surface area contributed by atoms with E-state index in [1.165, 1.54) is 4.90 Å². The molecule has 2 aromatic carbocycles. The molecule has 6 nitrogen and oxygen atoms in total. The largest absolute Gasteiger partial charge is 0.320 e. The third kappa shape index (κ3) is 3.60. The number of benzene rings is 2. The van der Waals surface area contributed by atoms with Crippen molar-refractivity contribution in [2.24, 2.45) is 23.7 Å². The average Bonchev–Trinajstić information content (AvgIpc) is 3.09. The van der Waals surface area contributed by atoms with Gasteiger partial charge in [0.05, 0.1) is 11.8 Å². The normalized spacial score (nSPS) is 26.7. The zero-order valence-electron chi connectivity index (χ0n) is 18.0. The Morgan fingerprint density at radius 2 is 1.53 bits per heavy atom. The number of fused-ring (bicyclic) bond motifs is 1. The number of amides is 4. The summed E-state index contributed by atoms with van der Waals surface area (Å²) in [4.78, 5) is 41.2. The molecule has 4 amide bonds. The van der Waals surface area contributed by atoms with Gasteiger partial charge < -0.3 is 10.6 Å². The van der Waals surface area contributed by atoms with Crippen LogP contribution in [0.3, 0.4) is 0 Å². The van der Waals surface area contributed by atoms with Crippen molar-refractivity contribution < 1.29 is 14.4 Å². The van der Waals surface area contributed by atoms with Crippen LogP contribution in [-0.4, -0.2) is 28.9 Å². The number of para-hydroxylation sites is 1. The molecule has 0 unspecified atom stereocenters. The molecular weight excluding hydrogens is 402 g/mol. The second-order valence-electron chi connectivity index (χ2n) is 9.01. The van der Waals surface area contributed by atoms with E-state index in [2.05, 4.69) is 22.8 Å². The molecule has 2 N–H and O–H groups in total. The van der Waals surface area contributed by atoms with E-state index in [1.807, 2.05) is 61.5 Å². The molecule has 32 heavy (non-hydrogen) atoms. The van der Waals surface area contributed by atoms with E-state index < -0.39 is 12.2 Å². The first-order chi connectivity index (χ1) is 15.5. The minimum atomic E-state index is -0.744. The van der Waals surface area contributed by atoms with Gasteiger partial charge in [-0.3, -0.25) is 14.5 Å². The minimum absolute atomic E-state index is 0.115. The number of hydrogen-bond acceptors (Lipinski definition) is 3. The van der Waals surface area contributed by atoms with Crippen LogP contribution in [0.1, 0.15) is 24.0 Å². The Hall–Kier alpha value is -3.41. The first kappa shape index (κ1) is 20.5. The molecule has 1 saturated heterocycles. The van der Waals surface area contributed by atoms with E-state index in [-0.39, 0.29) is 35.5 Å². The minimum Gasteiger partial charge on any atom is -0.317 e. The van der Waals surface area contributed by atoms with E-state index >= 15 is 0 Å². The van der Waals surface area contributed by atoms with Gasteiger partial charge in [-0.15, -0.1) is 0 Å². The van der Waals surface area contributed by atoms with Crippen molar-refractivity contribution in [3.63, 3.8) is 0 Å². The molecule has 4 aliphatic rings. The Kier molecular flexibility index (Phi) is 5.29. The molecular formula is C26H27N3O3. The molecule has 1 saturated carbocycles. The Morgan fingerprint density at radius 3 is 2.12 bits per heavy atom. The summed E-state index contributed by atoms with van der Waals surface area (Å²) >= 11 is 0. The molecule has 0 radical (unpaired) electrons. The van der Waals surface area contributed by atoms with Crippen LogP contribution in [-0.2, 0) is 16.0 Å². The van der Waals surface area contributed by atoms with Crippen LogP contribution in [0.15, 0.2) is 66.7 Å². The monoisotopic (exact) mass is 429 g/mol. The number of urea groups is 1. The summed E-state index contributed by atoms with van der Waals surface area (Å²) in [6.45, 7) is 1.91. The predicted molar refractivity (Wildman–Crippen MR) is 121 cm³/mol. The molecule has 5 atom stereocenters. The standard InChI is InChI=1S/C26H27N3O3/c1-16-7-5-6-10-20(16)27-26(32)28-21(15-17-8-3-2-4-9-17)29-24(30)22-18-11-12-19(14-13-18)23(22)25(29)31/h2-12,18-19,21-23H,13-15H2,1H3,(H2,27,28,32)/t18-,19-,21-,22-,23-/m0/s1. The third-order valence-electron chi connectivity index (χ3n) is 7.07. The maximum Gasteiger partial charge on any atom is 0.320 e. The maximum absolute atomic E-state index is 13.5. The molecule has 2 aromatic rings. The molecule has 0 aromatic heterocycles. The van der Waals surface area contributed by atoms with Crippen molar-refractivity contribution >= 4 is 23.5 Å². The number of nitrogens with one attached hydrogen (secondary N) is 2. The number of aryl methyl sites for hydroxylation is 1. The lowest BCUT2D eigenvalue weighted by Gasteiger charge is -2.38. The van der Waals surface area contributed by atoms with Gasteiger partial charge >= 0.3 is 6.03 Å². The molecule has 3 aliphatic carbocycles. The fourth-order valence-corrected chi connectivity index (χ4v) is 5.47. The van der Waals surface area contributed by atoms with Crippen molar-refractivity contribution in [3.05, 3.63) is 77.9 Å². The first-order valence-electron chi connectivity index (χ1n) is 11.3. The van der Waals surface area contributed by atoms with Crippen LogP contribution in [0.5, 0.6) is 0 Å². The molecule has 0 spiro atoms. The molecule has 164 valence electrons. The van der Waals surface area contributed by atoms with Crippen molar-refractivity contribution in [1.82, 2.24) is 10.2 Å². The maximum atomic E-state index is 13.5. The van der Waals surface area contributed by atoms with Gasteiger partial charge in [0, 0.05) is 12.1 Å². The number of nitrogens with zero attached hydrogens (tertiary/aromatic N) is 1. The summed E-state index contributed by atoms with van der Waals surface area (Å²) in [5, 5.41) is 5.78. The first-order valence-corrected chi connectivity index (χ1v) is 11.3. The zero-order chi connectivity index (χ0) is 22.2. The highest BCUT2D eigenvalue weighted by Gasteiger charge is 2.58. The number of rotatable bonds is 5. The van der Waals surface area contributed by atoms with E-state index in [0.717, 1.165) is 24.0 Å². The SMILES string of the molecule is Cc1ccccc1NC(=O)N[C@H](Cc1ccccc1)N1C(=O)[C@@H]2[C@@H](C1=O)[C@H]1C=C[C@H]2CC1. The van der Waals surface area contributed by atoms with Gasteiger partial charge in [-0.2, -0.15) is 0 Å². The number of carbonyl (C=O) groups is 3. The van der Waals surface area contributed by atoms with Gasteiger partial charge in [-0.1, -0.05) is 60.7 Å². The summed E-state index contributed by atoms with van der Waals surface area (Å²) < 4.78 is 0. The van der Waals surface area contributed by atoms with Crippen LogP contribution in [0.25, 0.3) is 0 Å². The summed E-state index contributed by atoms with van der Waals surface area (Å²) in [6.07, 6.45) is 5.72. The lowest BCUT2D eigenvalue weighted by molar-refractivity contribution is -0.143. The van der Waals surface area contributed by atoms with Crippen LogP contribution in [0.4, 0.5) is 10.5 Å². The van der Waals surface area contributed by atoms with Crippen molar-refractivity contribution in [1.29, 1.82) is 0 Å². The van der Waals surface area contributed by atoms with E-state index in [4.69, 9.17) is 0 Å². The Bertz CT molecular complexity index is 1050. The van der Waals surface area contributed by atoms with E-state index in [0.29, 0.717) is 12.1 Å². The quantitative estimate of drug-likeness (QED) is 0.559. The van der Waals surface area contributed by atoms with Crippen molar-refractivity contribution in [3.8, 4) is 0 Å². The highest BCUT2D eigenvalue weighted by atomic mass is 16.2. The van der Waals surface area contributed by atoms with Crippen LogP contribution in [0, 0.1) is 30.6 Å². The third-order valence-corrected chi connectivity index (χ3v) is 7.07. The van der Waals surface area contributed by atoms with Crippen LogP contribution in [0.2, 0.25) is 0 Å². The van der Waals surface area contributed by atoms with Crippen LogP contribution < -0.4 is 10.6 Å². The molecule has 6 heteroatoms. The van der Waals surface area contributed by atoms with Gasteiger partial charge in [0.15, 0.2) is 0 Å². The summed E-state index contributed by atoms with van der Waals surface area (Å²) in [5.74, 6) is -0.682. The van der Waals surface area contributed by atoms with Gasteiger partial charge in [0.2, 0.25) is 11.8 Å². The second-order valence-corrected chi connectivity index (χ2v) is 9.01. The Morgan fingerprint density at radius 1 is 0.938 bits per heavy atom. The molecule has 1 heterocycles. The fraction of sp³-hybridized carbons (Fsp3) is 0.346. The number of anilines is 1. The van der Waals surface area contributed by atoms with Crippen LogP contribution >= 0.6 is 0 Å². The van der Waals surface area contributed by atoms with Gasteiger partial charge in [-0.05, 0) is 48.8 Å². The average molecular weight is 430 g/mol. The zero-order valence-corrected chi connectivity index (χ0v) is 18.0. The molecule has 2 fully saturated rings. The highest BCUT2D eigenvalue weighted by Crippen LogP contribution is 2.50. The van der Waals surface area contributed by atoms with Crippen molar-refractivity contribution in [2.45, 2.75) is 32.4 Å². The van der Waals surface area contributed by atoms with Gasteiger partial charge in [0.1, 0.15) is 6.17 Å². The lowest BCUT2D eigenvalue weighted by atomic mass is 9.63. The Labute approximate surface area is 187 Å². The fourth-order valence-electron chi connectivity index (χ4n) is 5.47. The molecule has 6 rings (SSSR count). The smallest absolute Gasteiger partial charge is 0.317 e.